The third-order valence-corrected chi connectivity index (χ3v) is 2.42. The van der Waals surface area contributed by atoms with Crippen LogP contribution in [0.3, 0.4) is 0 Å². The lowest BCUT2D eigenvalue weighted by Gasteiger charge is -2.25. The molecule has 0 radical (unpaired) electrons. The summed E-state index contributed by atoms with van der Waals surface area (Å²) in [6, 6.07) is 0. The van der Waals surface area contributed by atoms with E-state index in [2.05, 4.69) is 10.5 Å². The first-order valence-corrected chi connectivity index (χ1v) is 5.77. The predicted molar refractivity (Wildman–Crippen MR) is 65.9 cm³/mol. The van der Waals surface area contributed by atoms with Gasteiger partial charge in [0.25, 0.3) is 0 Å². The molecular weight excluding hydrogens is 222 g/mol. The van der Waals surface area contributed by atoms with Crippen LogP contribution in [-0.4, -0.2) is 35.7 Å². The van der Waals surface area contributed by atoms with Crippen LogP contribution in [0.5, 0.6) is 0 Å². The van der Waals surface area contributed by atoms with Crippen molar-refractivity contribution in [2.24, 2.45) is 16.8 Å². The average molecular weight is 245 g/mol. The molecule has 1 amide bonds. The van der Waals surface area contributed by atoms with E-state index in [0.29, 0.717) is 19.6 Å². The number of hydrogen-bond donors (Lipinski definition) is 3. The Kier molecular flexibility index (Phi) is 6.57. The lowest BCUT2D eigenvalue weighted by atomic mass is 10.0. The van der Waals surface area contributed by atoms with Gasteiger partial charge in [-0.05, 0) is 27.2 Å². The van der Waals surface area contributed by atoms with Gasteiger partial charge in [0.15, 0.2) is 5.84 Å². The number of carbonyl (C=O) groups excluding carboxylic acids is 1. The van der Waals surface area contributed by atoms with Gasteiger partial charge in [-0.25, -0.2) is 0 Å². The van der Waals surface area contributed by atoms with Gasteiger partial charge in [-0.3, -0.25) is 4.79 Å². The Morgan fingerprint density at radius 3 is 2.53 bits per heavy atom. The Balaban J connectivity index is 4.34. The third kappa shape index (κ3) is 5.53. The van der Waals surface area contributed by atoms with E-state index in [-0.39, 0.29) is 11.7 Å². The van der Waals surface area contributed by atoms with E-state index in [1.165, 1.54) is 0 Å². The van der Waals surface area contributed by atoms with Crippen LogP contribution >= 0.6 is 0 Å². The Bertz CT molecular complexity index is 277. The molecule has 0 saturated heterocycles. The normalized spacial score (nSPS) is 14.5. The van der Waals surface area contributed by atoms with E-state index in [1.807, 2.05) is 20.8 Å². The van der Waals surface area contributed by atoms with Crippen molar-refractivity contribution in [3.63, 3.8) is 0 Å². The summed E-state index contributed by atoms with van der Waals surface area (Å²) in [7, 11) is 0. The van der Waals surface area contributed by atoms with Gasteiger partial charge in [-0.1, -0.05) is 12.1 Å². The van der Waals surface area contributed by atoms with E-state index in [1.54, 1.807) is 6.92 Å². The zero-order valence-corrected chi connectivity index (χ0v) is 11.0. The van der Waals surface area contributed by atoms with Crippen molar-refractivity contribution < 1.29 is 14.7 Å². The van der Waals surface area contributed by atoms with Crippen molar-refractivity contribution in [3.05, 3.63) is 0 Å². The SMILES string of the molecule is CCOC(C)(C)CNC(=O)C(CC)C(N)=NO. The lowest BCUT2D eigenvalue weighted by molar-refractivity contribution is -0.124. The van der Waals surface area contributed by atoms with E-state index >= 15 is 0 Å². The molecule has 1 atom stereocenters. The number of hydrogen-bond acceptors (Lipinski definition) is 4. The Hall–Kier alpha value is -1.30. The first-order valence-electron chi connectivity index (χ1n) is 5.77. The summed E-state index contributed by atoms with van der Waals surface area (Å²) in [4.78, 5) is 11.8. The van der Waals surface area contributed by atoms with Gasteiger partial charge < -0.3 is 21.0 Å². The smallest absolute Gasteiger partial charge is 0.230 e. The van der Waals surface area contributed by atoms with E-state index in [0.717, 1.165) is 0 Å². The first kappa shape index (κ1) is 15.7. The molecule has 100 valence electrons. The summed E-state index contributed by atoms with van der Waals surface area (Å²) in [6.45, 7) is 8.45. The Morgan fingerprint density at radius 2 is 2.12 bits per heavy atom. The Morgan fingerprint density at radius 1 is 1.53 bits per heavy atom. The number of nitrogens with two attached hydrogens (primary N) is 1. The van der Waals surface area contributed by atoms with Crippen molar-refractivity contribution in [1.82, 2.24) is 5.32 Å². The quantitative estimate of drug-likeness (QED) is 0.266. The van der Waals surface area contributed by atoms with Crippen LogP contribution in [0.1, 0.15) is 34.1 Å². The fourth-order valence-corrected chi connectivity index (χ4v) is 1.46. The van der Waals surface area contributed by atoms with Crippen molar-refractivity contribution >= 4 is 11.7 Å². The van der Waals surface area contributed by atoms with Crippen LogP contribution in [0.4, 0.5) is 0 Å². The van der Waals surface area contributed by atoms with Crippen LogP contribution in [-0.2, 0) is 9.53 Å². The lowest BCUT2D eigenvalue weighted by Crippen LogP contribution is -2.45. The fraction of sp³-hybridized carbons (Fsp3) is 0.818. The molecule has 0 fully saturated rings. The highest BCUT2D eigenvalue weighted by atomic mass is 16.5. The second kappa shape index (κ2) is 7.11. The zero-order valence-electron chi connectivity index (χ0n) is 11.0. The largest absolute Gasteiger partial charge is 0.409 e. The number of oxime groups is 1. The number of amides is 1. The molecule has 4 N–H and O–H groups in total. The molecule has 0 aromatic heterocycles. The summed E-state index contributed by atoms with van der Waals surface area (Å²) in [5.41, 5.74) is 5.01. The van der Waals surface area contributed by atoms with Crippen molar-refractivity contribution in [2.75, 3.05) is 13.2 Å². The summed E-state index contributed by atoms with van der Waals surface area (Å²) >= 11 is 0. The van der Waals surface area contributed by atoms with E-state index in [9.17, 15) is 4.79 Å². The molecule has 0 bridgehead atoms. The standard InChI is InChI=1S/C11H23N3O3/c1-5-8(9(12)14-16)10(15)13-7-11(3,4)17-6-2/h8,16H,5-7H2,1-4H3,(H2,12,14)(H,13,15). The molecule has 6 heteroatoms. The van der Waals surface area contributed by atoms with E-state index in [4.69, 9.17) is 15.7 Å². The molecule has 0 spiro atoms. The van der Waals surface area contributed by atoms with E-state index < -0.39 is 11.5 Å². The van der Waals surface area contributed by atoms with Crippen molar-refractivity contribution in [1.29, 1.82) is 0 Å². The van der Waals surface area contributed by atoms with Gasteiger partial charge in [0.05, 0.1) is 11.5 Å². The number of ether oxygens (including phenoxy) is 1. The Labute approximate surface area is 102 Å². The number of nitrogens with zero attached hydrogens (tertiary/aromatic N) is 1. The minimum absolute atomic E-state index is 0.0702. The molecule has 0 aliphatic rings. The van der Waals surface area contributed by atoms with Crippen LogP contribution < -0.4 is 11.1 Å². The average Bonchev–Trinajstić information content (AvgIpc) is 2.27. The van der Waals surface area contributed by atoms with Crippen molar-refractivity contribution in [2.45, 2.75) is 39.7 Å². The molecular formula is C11H23N3O3. The van der Waals surface area contributed by atoms with Gasteiger partial charge in [-0.15, -0.1) is 0 Å². The number of carbonyl (C=O) groups is 1. The molecule has 0 aromatic carbocycles. The molecule has 17 heavy (non-hydrogen) atoms. The minimum atomic E-state index is -0.600. The number of rotatable bonds is 7. The second-order valence-electron chi connectivity index (χ2n) is 4.40. The maximum Gasteiger partial charge on any atom is 0.230 e. The van der Waals surface area contributed by atoms with Crippen LogP contribution in [0.15, 0.2) is 5.16 Å². The molecule has 0 saturated carbocycles. The zero-order chi connectivity index (χ0) is 13.5. The van der Waals surface area contributed by atoms with Gasteiger partial charge in [0.1, 0.15) is 0 Å². The first-order chi connectivity index (χ1) is 7.87. The predicted octanol–water partition coefficient (Wildman–Crippen LogP) is 0.690. The molecule has 0 aliphatic carbocycles. The fourth-order valence-electron chi connectivity index (χ4n) is 1.46. The second-order valence-corrected chi connectivity index (χ2v) is 4.40. The maximum absolute atomic E-state index is 11.8. The van der Waals surface area contributed by atoms with Gasteiger partial charge >= 0.3 is 0 Å². The monoisotopic (exact) mass is 245 g/mol. The van der Waals surface area contributed by atoms with Gasteiger partial charge in [0.2, 0.25) is 5.91 Å². The minimum Gasteiger partial charge on any atom is -0.409 e. The van der Waals surface area contributed by atoms with Gasteiger partial charge in [0, 0.05) is 13.2 Å². The summed E-state index contributed by atoms with van der Waals surface area (Å²) in [6.07, 6.45) is 0.483. The third-order valence-electron chi connectivity index (χ3n) is 2.42. The number of nitrogens with one attached hydrogen (secondary N) is 1. The highest BCUT2D eigenvalue weighted by Crippen LogP contribution is 2.08. The summed E-state index contributed by atoms with van der Waals surface area (Å²) in [5, 5.41) is 14.2. The highest BCUT2D eigenvalue weighted by Gasteiger charge is 2.24. The molecule has 0 aliphatic heterocycles. The molecule has 0 rings (SSSR count). The van der Waals surface area contributed by atoms with Crippen LogP contribution in [0, 0.1) is 5.92 Å². The van der Waals surface area contributed by atoms with Gasteiger partial charge in [-0.2, -0.15) is 0 Å². The molecule has 6 nitrogen and oxygen atoms in total. The highest BCUT2D eigenvalue weighted by molar-refractivity contribution is 6.01. The topological polar surface area (TPSA) is 96.9 Å². The maximum atomic E-state index is 11.8. The molecule has 1 unspecified atom stereocenters. The molecule has 0 heterocycles. The summed E-state index contributed by atoms with van der Waals surface area (Å²) < 4.78 is 5.45. The van der Waals surface area contributed by atoms with Crippen molar-refractivity contribution in [3.8, 4) is 0 Å². The van der Waals surface area contributed by atoms with Crippen LogP contribution in [0.2, 0.25) is 0 Å². The molecule has 0 aromatic rings. The van der Waals surface area contributed by atoms with Crippen LogP contribution in [0.25, 0.3) is 0 Å². The number of amidine groups is 1. The summed E-state index contributed by atoms with van der Waals surface area (Å²) in [5.74, 6) is -0.924.